The number of sulfone groups is 1. The van der Waals surface area contributed by atoms with Crippen molar-refractivity contribution in [3.05, 3.63) is 0 Å². The van der Waals surface area contributed by atoms with Gasteiger partial charge in [-0.05, 0) is 24.7 Å². The molecule has 0 rings (SSSR count). The Bertz CT molecular complexity index is 303. The SMILES string of the molecule is CCCS(=O)(=O)CCC(C)(CC)CNCCOC. The molecule has 0 aliphatic rings. The van der Waals surface area contributed by atoms with Crippen molar-refractivity contribution in [3.63, 3.8) is 0 Å². The summed E-state index contributed by atoms with van der Waals surface area (Å²) in [4.78, 5) is 0. The summed E-state index contributed by atoms with van der Waals surface area (Å²) in [5.74, 6) is 0.612. The highest BCUT2D eigenvalue weighted by Gasteiger charge is 2.24. The highest BCUT2D eigenvalue weighted by Crippen LogP contribution is 2.25. The van der Waals surface area contributed by atoms with Crippen LogP contribution in [0.15, 0.2) is 0 Å². The molecular formula is C13H29NO3S. The Kier molecular flexibility index (Phi) is 8.82. The van der Waals surface area contributed by atoms with Gasteiger partial charge in [0.2, 0.25) is 0 Å². The van der Waals surface area contributed by atoms with Crippen molar-refractivity contribution in [3.8, 4) is 0 Å². The van der Waals surface area contributed by atoms with Crippen LogP contribution in [-0.2, 0) is 14.6 Å². The van der Waals surface area contributed by atoms with Gasteiger partial charge in [0.15, 0.2) is 0 Å². The normalized spacial score (nSPS) is 15.6. The fourth-order valence-electron chi connectivity index (χ4n) is 1.77. The van der Waals surface area contributed by atoms with E-state index >= 15 is 0 Å². The molecule has 0 saturated carbocycles. The Morgan fingerprint density at radius 1 is 1.22 bits per heavy atom. The zero-order valence-corrected chi connectivity index (χ0v) is 13.1. The third-order valence-electron chi connectivity index (χ3n) is 3.42. The molecule has 0 aliphatic heterocycles. The second-order valence-electron chi connectivity index (χ2n) is 5.24. The summed E-state index contributed by atoms with van der Waals surface area (Å²) in [7, 11) is -1.18. The van der Waals surface area contributed by atoms with Crippen LogP contribution in [0.3, 0.4) is 0 Å². The van der Waals surface area contributed by atoms with Crippen molar-refractivity contribution in [1.82, 2.24) is 5.32 Å². The van der Waals surface area contributed by atoms with E-state index in [9.17, 15) is 8.42 Å². The molecule has 0 fully saturated rings. The van der Waals surface area contributed by atoms with E-state index in [-0.39, 0.29) is 5.41 Å². The van der Waals surface area contributed by atoms with Crippen molar-refractivity contribution in [2.75, 3.05) is 38.3 Å². The molecule has 0 spiro atoms. The molecule has 1 atom stereocenters. The molecule has 1 N–H and O–H groups in total. The molecule has 5 heteroatoms. The number of methoxy groups -OCH3 is 1. The Hall–Kier alpha value is -0.130. The molecule has 0 aromatic rings. The number of hydrogen-bond donors (Lipinski definition) is 1. The smallest absolute Gasteiger partial charge is 0.150 e. The average molecular weight is 279 g/mol. The van der Waals surface area contributed by atoms with Gasteiger partial charge in [0.25, 0.3) is 0 Å². The molecule has 0 aromatic heterocycles. The van der Waals surface area contributed by atoms with Crippen LogP contribution in [0.1, 0.15) is 40.0 Å². The quantitative estimate of drug-likeness (QED) is 0.587. The maximum Gasteiger partial charge on any atom is 0.150 e. The van der Waals surface area contributed by atoms with Gasteiger partial charge in [-0.2, -0.15) is 0 Å². The lowest BCUT2D eigenvalue weighted by Crippen LogP contribution is -2.35. The van der Waals surface area contributed by atoms with E-state index in [0.717, 1.165) is 25.9 Å². The molecule has 18 heavy (non-hydrogen) atoms. The lowest BCUT2D eigenvalue weighted by Gasteiger charge is -2.28. The zero-order valence-electron chi connectivity index (χ0n) is 12.3. The molecule has 0 aliphatic carbocycles. The minimum absolute atomic E-state index is 0.0502. The van der Waals surface area contributed by atoms with Crippen LogP contribution in [0.2, 0.25) is 0 Å². The van der Waals surface area contributed by atoms with E-state index in [1.165, 1.54) is 0 Å². The van der Waals surface area contributed by atoms with Gasteiger partial charge in [0, 0.05) is 26.0 Å². The van der Waals surface area contributed by atoms with E-state index < -0.39 is 9.84 Å². The zero-order chi connectivity index (χ0) is 14.1. The molecule has 0 heterocycles. The number of ether oxygens (including phenoxy) is 1. The molecule has 0 bridgehead atoms. The highest BCUT2D eigenvalue weighted by molar-refractivity contribution is 7.91. The second kappa shape index (κ2) is 8.88. The summed E-state index contributed by atoms with van der Waals surface area (Å²) >= 11 is 0. The summed E-state index contributed by atoms with van der Waals surface area (Å²) in [5.41, 5.74) is 0.0502. The molecule has 4 nitrogen and oxygen atoms in total. The molecule has 0 amide bonds. The molecule has 110 valence electrons. The van der Waals surface area contributed by atoms with Crippen LogP contribution in [0, 0.1) is 5.41 Å². The predicted octanol–water partition coefficient (Wildman–Crippen LogP) is 1.85. The molecule has 0 saturated heterocycles. The summed E-state index contributed by atoms with van der Waals surface area (Å²) in [6.07, 6.45) is 2.41. The maximum absolute atomic E-state index is 11.7. The van der Waals surface area contributed by atoms with E-state index in [2.05, 4.69) is 19.2 Å². The van der Waals surface area contributed by atoms with E-state index in [1.54, 1.807) is 7.11 Å². The summed E-state index contributed by atoms with van der Waals surface area (Å²) in [5, 5.41) is 3.33. The first-order chi connectivity index (χ1) is 8.39. The average Bonchev–Trinajstić information content (AvgIpc) is 2.32. The minimum Gasteiger partial charge on any atom is -0.383 e. The monoisotopic (exact) mass is 279 g/mol. The Balaban J connectivity index is 4.14. The Morgan fingerprint density at radius 2 is 1.89 bits per heavy atom. The number of hydrogen-bond acceptors (Lipinski definition) is 4. The van der Waals surface area contributed by atoms with Crippen molar-refractivity contribution in [2.45, 2.75) is 40.0 Å². The summed E-state index contributed by atoms with van der Waals surface area (Å²) < 4.78 is 28.4. The standard InChI is InChI=1S/C13H29NO3S/c1-5-10-18(15,16)11-7-13(3,6-2)12-14-8-9-17-4/h14H,5-12H2,1-4H3. The highest BCUT2D eigenvalue weighted by atomic mass is 32.2. The van der Waals surface area contributed by atoms with Gasteiger partial charge in [-0.15, -0.1) is 0 Å². The van der Waals surface area contributed by atoms with Crippen molar-refractivity contribution < 1.29 is 13.2 Å². The van der Waals surface area contributed by atoms with E-state index in [0.29, 0.717) is 24.5 Å². The first-order valence-corrected chi connectivity index (χ1v) is 8.61. The van der Waals surface area contributed by atoms with Gasteiger partial charge in [-0.3, -0.25) is 0 Å². The van der Waals surface area contributed by atoms with Crippen molar-refractivity contribution >= 4 is 9.84 Å². The van der Waals surface area contributed by atoms with Gasteiger partial charge in [-0.25, -0.2) is 8.42 Å². The minimum atomic E-state index is -2.86. The van der Waals surface area contributed by atoms with Crippen LogP contribution in [0.25, 0.3) is 0 Å². The lowest BCUT2D eigenvalue weighted by molar-refractivity contribution is 0.190. The topological polar surface area (TPSA) is 55.4 Å². The Labute approximate surface area is 112 Å². The van der Waals surface area contributed by atoms with Crippen molar-refractivity contribution in [1.29, 1.82) is 0 Å². The fourth-order valence-corrected chi connectivity index (χ4v) is 3.40. The van der Waals surface area contributed by atoms with Crippen molar-refractivity contribution in [2.24, 2.45) is 5.41 Å². The first kappa shape index (κ1) is 17.9. The van der Waals surface area contributed by atoms with Crippen LogP contribution in [-0.4, -0.2) is 46.7 Å². The van der Waals surface area contributed by atoms with E-state index in [4.69, 9.17) is 4.74 Å². The summed E-state index contributed by atoms with van der Waals surface area (Å²) in [6, 6.07) is 0. The van der Waals surface area contributed by atoms with Gasteiger partial charge in [-0.1, -0.05) is 20.8 Å². The second-order valence-corrected chi connectivity index (χ2v) is 7.54. The third-order valence-corrected chi connectivity index (χ3v) is 5.28. The van der Waals surface area contributed by atoms with Gasteiger partial charge in [0.05, 0.1) is 12.4 Å². The van der Waals surface area contributed by atoms with Crippen LogP contribution < -0.4 is 5.32 Å². The fraction of sp³-hybridized carbons (Fsp3) is 1.00. The van der Waals surface area contributed by atoms with Gasteiger partial charge in [0.1, 0.15) is 9.84 Å². The lowest BCUT2D eigenvalue weighted by atomic mass is 9.84. The first-order valence-electron chi connectivity index (χ1n) is 6.79. The Morgan fingerprint density at radius 3 is 2.39 bits per heavy atom. The van der Waals surface area contributed by atoms with E-state index in [1.807, 2.05) is 6.92 Å². The van der Waals surface area contributed by atoms with Crippen LogP contribution >= 0.6 is 0 Å². The third kappa shape index (κ3) is 8.06. The van der Waals surface area contributed by atoms with Gasteiger partial charge >= 0.3 is 0 Å². The largest absolute Gasteiger partial charge is 0.383 e. The predicted molar refractivity (Wildman–Crippen MR) is 76.7 cm³/mol. The molecular weight excluding hydrogens is 250 g/mol. The summed E-state index contributed by atoms with van der Waals surface area (Å²) in [6.45, 7) is 8.51. The molecule has 0 aromatic carbocycles. The maximum atomic E-state index is 11.7. The molecule has 1 unspecified atom stereocenters. The number of rotatable bonds is 11. The van der Waals surface area contributed by atoms with Crippen LogP contribution in [0.5, 0.6) is 0 Å². The van der Waals surface area contributed by atoms with Gasteiger partial charge < -0.3 is 10.1 Å². The number of nitrogens with one attached hydrogen (secondary N) is 1. The molecule has 0 radical (unpaired) electrons. The van der Waals surface area contributed by atoms with Crippen LogP contribution in [0.4, 0.5) is 0 Å².